The number of aromatic nitrogens is 1. The molecule has 2 heterocycles. The van der Waals surface area contributed by atoms with Gasteiger partial charge in [0, 0.05) is 24.7 Å². The second-order valence-corrected chi connectivity index (χ2v) is 6.27. The average molecular weight is 267 g/mol. The third-order valence-electron chi connectivity index (χ3n) is 4.19. The van der Waals surface area contributed by atoms with Gasteiger partial charge in [0.2, 0.25) is 0 Å². The molecule has 0 aliphatic carbocycles. The fraction of sp³-hybridized carbons (Fsp3) is 0.786. The Morgan fingerprint density at radius 1 is 1.56 bits per heavy atom. The lowest BCUT2D eigenvalue weighted by atomic mass is 9.78. The maximum atomic E-state index is 4.44. The van der Waals surface area contributed by atoms with E-state index < -0.39 is 0 Å². The minimum Gasteiger partial charge on any atom is -0.316 e. The highest BCUT2D eigenvalue weighted by Crippen LogP contribution is 2.30. The zero-order valence-electron chi connectivity index (χ0n) is 11.5. The van der Waals surface area contributed by atoms with Crippen LogP contribution >= 0.6 is 11.3 Å². The SMILES string of the molecule is CCC(NCC1(CC)CCCNC1)c1nccs1. The molecule has 1 fully saturated rings. The Hall–Kier alpha value is -0.450. The monoisotopic (exact) mass is 267 g/mol. The third kappa shape index (κ3) is 3.31. The van der Waals surface area contributed by atoms with Gasteiger partial charge in [-0.15, -0.1) is 11.3 Å². The van der Waals surface area contributed by atoms with Gasteiger partial charge in [-0.25, -0.2) is 4.98 Å². The Bertz CT molecular complexity index is 331. The molecule has 2 N–H and O–H groups in total. The molecule has 0 radical (unpaired) electrons. The number of rotatable bonds is 6. The van der Waals surface area contributed by atoms with Crippen LogP contribution in [0.1, 0.15) is 50.6 Å². The van der Waals surface area contributed by atoms with E-state index >= 15 is 0 Å². The van der Waals surface area contributed by atoms with Crippen molar-refractivity contribution in [3.05, 3.63) is 16.6 Å². The maximum Gasteiger partial charge on any atom is 0.109 e. The molecule has 18 heavy (non-hydrogen) atoms. The molecule has 1 aromatic rings. The van der Waals surface area contributed by atoms with Crippen LogP contribution in [-0.2, 0) is 0 Å². The summed E-state index contributed by atoms with van der Waals surface area (Å²) in [6, 6.07) is 0.426. The normalized spacial score (nSPS) is 26.1. The van der Waals surface area contributed by atoms with E-state index in [0.29, 0.717) is 11.5 Å². The molecule has 1 aliphatic heterocycles. The average Bonchev–Trinajstić information content (AvgIpc) is 2.95. The number of nitrogens with zero attached hydrogens (tertiary/aromatic N) is 1. The fourth-order valence-electron chi connectivity index (χ4n) is 2.76. The molecule has 1 saturated heterocycles. The van der Waals surface area contributed by atoms with Crippen molar-refractivity contribution in [1.82, 2.24) is 15.6 Å². The molecule has 1 aromatic heterocycles. The van der Waals surface area contributed by atoms with Gasteiger partial charge in [-0.1, -0.05) is 13.8 Å². The Morgan fingerprint density at radius 3 is 3.00 bits per heavy atom. The van der Waals surface area contributed by atoms with Crippen LogP contribution < -0.4 is 10.6 Å². The molecule has 3 nitrogen and oxygen atoms in total. The van der Waals surface area contributed by atoms with Gasteiger partial charge < -0.3 is 10.6 Å². The van der Waals surface area contributed by atoms with Crippen molar-refractivity contribution in [3.63, 3.8) is 0 Å². The van der Waals surface area contributed by atoms with E-state index in [1.807, 2.05) is 6.20 Å². The molecule has 4 heteroatoms. The molecule has 2 atom stereocenters. The van der Waals surface area contributed by atoms with E-state index in [2.05, 4.69) is 34.8 Å². The first-order valence-electron chi connectivity index (χ1n) is 7.13. The van der Waals surface area contributed by atoms with Crippen molar-refractivity contribution in [1.29, 1.82) is 0 Å². The van der Waals surface area contributed by atoms with E-state index in [9.17, 15) is 0 Å². The van der Waals surface area contributed by atoms with Crippen LogP contribution in [0.4, 0.5) is 0 Å². The number of thiazole rings is 1. The van der Waals surface area contributed by atoms with Gasteiger partial charge in [-0.3, -0.25) is 0 Å². The highest BCUT2D eigenvalue weighted by atomic mass is 32.1. The lowest BCUT2D eigenvalue weighted by Gasteiger charge is -2.38. The van der Waals surface area contributed by atoms with Crippen molar-refractivity contribution in [2.45, 2.75) is 45.6 Å². The van der Waals surface area contributed by atoms with Crippen LogP contribution in [0.2, 0.25) is 0 Å². The first-order chi connectivity index (χ1) is 8.79. The smallest absolute Gasteiger partial charge is 0.109 e. The molecular weight excluding hydrogens is 242 g/mol. The van der Waals surface area contributed by atoms with Crippen LogP contribution in [0.5, 0.6) is 0 Å². The Kier molecular flexibility index (Phi) is 5.15. The first kappa shape index (κ1) is 14.0. The maximum absolute atomic E-state index is 4.44. The summed E-state index contributed by atoms with van der Waals surface area (Å²) in [4.78, 5) is 4.44. The molecule has 2 rings (SSSR count). The molecular formula is C14H25N3S. The molecule has 0 amide bonds. The second kappa shape index (κ2) is 6.64. The predicted octanol–water partition coefficient (Wildman–Crippen LogP) is 2.96. The standard InChI is InChI=1S/C14H25N3S/c1-3-12(13-16-8-9-18-13)17-11-14(4-2)6-5-7-15-10-14/h8-9,12,15,17H,3-7,10-11H2,1-2H3. The van der Waals surface area contributed by atoms with Gasteiger partial charge in [0.25, 0.3) is 0 Å². The van der Waals surface area contributed by atoms with E-state index in [4.69, 9.17) is 0 Å². The van der Waals surface area contributed by atoms with Gasteiger partial charge in [0.05, 0.1) is 6.04 Å². The summed E-state index contributed by atoms with van der Waals surface area (Å²) in [5.74, 6) is 0. The van der Waals surface area contributed by atoms with Crippen molar-refractivity contribution in [2.24, 2.45) is 5.41 Å². The van der Waals surface area contributed by atoms with Gasteiger partial charge in [0.15, 0.2) is 0 Å². The molecule has 2 unspecified atom stereocenters. The minimum atomic E-state index is 0.426. The van der Waals surface area contributed by atoms with Crippen LogP contribution in [-0.4, -0.2) is 24.6 Å². The Labute approximate surface area is 114 Å². The van der Waals surface area contributed by atoms with Crippen LogP contribution in [0.3, 0.4) is 0 Å². The largest absolute Gasteiger partial charge is 0.316 e. The zero-order chi connectivity index (χ0) is 12.8. The summed E-state index contributed by atoms with van der Waals surface area (Å²) in [5, 5.41) is 10.6. The second-order valence-electron chi connectivity index (χ2n) is 5.35. The Balaban J connectivity index is 1.92. The summed E-state index contributed by atoms with van der Waals surface area (Å²) in [6.07, 6.45) is 6.92. The first-order valence-corrected chi connectivity index (χ1v) is 8.01. The molecule has 1 aliphatic rings. The van der Waals surface area contributed by atoms with Crippen LogP contribution in [0.25, 0.3) is 0 Å². The van der Waals surface area contributed by atoms with Gasteiger partial charge in [0.1, 0.15) is 5.01 Å². The lowest BCUT2D eigenvalue weighted by Crippen LogP contribution is -2.46. The number of nitrogens with one attached hydrogen (secondary N) is 2. The third-order valence-corrected chi connectivity index (χ3v) is 5.08. The molecule has 0 saturated carbocycles. The summed E-state index contributed by atoms with van der Waals surface area (Å²) in [5.41, 5.74) is 0.447. The van der Waals surface area contributed by atoms with E-state index in [0.717, 1.165) is 19.5 Å². The summed E-state index contributed by atoms with van der Waals surface area (Å²) >= 11 is 1.76. The van der Waals surface area contributed by atoms with Crippen molar-refractivity contribution in [3.8, 4) is 0 Å². The van der Waals surface area contributed by atoms with E-state index in [1.54, 1.807) is 11.3 Å². The Morgan fingerprint density at radius 2 is 2.44 bits per heavy atom. The topological polar surface area (TPSA) is 37.0 Å². The van der Waals surface area contributed by atoms with Gasteiger partial charge in [-0.2, -0.15) is 0 Å². The van der Waals surface area contributed by atoms with Crippen molar-refractivity contribution in [2.75, 3.05) is 19.6 Å². The lowest BCUT2D eigenvalue weighted by molar-refractivity contribution is 0.185. The quantitative estimate of drug-likeness (QED) is 0.832. The summed E-state index contributed by atoms with van der Waals surface area (Å²) < 4.78 is 0. The van der Waals surface area contributed by atoms with Gasteiger partial charge in [-0.05, 0) is 37.6 Å². The number of hydrogen-bond acceptors (Lipinski definition) is 4. The van der Waals surface area contributed by atoms with Crippen LogP contribution in [0, 0.1) is 5.41 Å². The van der Waals surface area contributed by atoms with Gasteiger partial charge >= 0.3 is 0 Å². The van der Waals surface area contributed by atoms with E-state index in [1.165, 1.54) is 30.8 Å². The highest BCUT2D eigenvalue weighted by Gasteiger charge is 2.30. The zero-order valence-corrected chi connectivity index (χ0v) is 12.4. The molecule has 102 valence electrons. The predicted molar refractivity (Wildman–Crippen MR) is 78.0 cm³/mol. The molecule has 0 aromatic carbocycles. The summed E-state index contributed by atoms with van der Waals surface area (Å²) in [7, 11) is 0. The fourth-order valence-corrected chi connectivity index (χ4v) is 3.56. The van der Waals surface area contributed by atoms with E-state index in [-0.39, 0.29) is 0 Å². The summed E-state index contributed by atoms with van der Waals surface area (Å²) in [6.45, 7) is 8.00. The highest BCUT2D eigenvalue weighted by molar-refractivity contribution is 7.09. The van der Waals surface area contributed by atoms with Crippen molar-refractivity contribution >= 4 is 11.3 Å². The number of hydrogen-bond donors (Lipinski definition) is 2. The minimum absolute atomic E-state index is 0.426. The molecule has 0 bridgehead atoms. The van der Waals surface area contributed by atoms with Crippen molar-refractivity contribution < 1.29 is 0 Å². The molecule has 0 spiro atoms. The number of piperidine rings is 1. The van der Waals surface area contributed by atoms with Crippen LogP contribution in [0.15, 0.2) is 11.6 Å².